The smallest absolute Gasteiger partial charge is 0.264 e. The molecule has 5 rings (SSSR count). The summed E-state index contributed by atoms with van der Waals surface area (Å²) in [6.07, 6.45) is 3.07. The van der Waals surface area contributed by atoms with Gasteiger partial charge < -0.3 is 15.0 Å². The Morgan fingerprint density at radius 3 is 2.57 bits per heavy atom. The van der Waals surface area contributed by atoms with Crippen LogP contribution in [0.15, 0.2) is 36.4 Å². The van der Waals surface area contributed by atoms with E-state index in [9.17, 15) is 13.2 Å². The topological polar surface area (TPSA) is 87.7 Å². The number of rotatable bonds is 6. The van der Waals surface area contributed by atoms with Crippen molar-refractivity contribution in [3.8, 4) is 0 Å². The second kappa shape index (κ2) is 9.13. The van der Waals surface area contributed by atoms with Gasteiger partial charge in [-0.05, 0) is 78.1 Å². The van der Waals surface area contributed by atoms with Gasteiger partial charge in [0.2, 0.25) is 10.0 Å². The maximum atomic E-state index is 12.7. The molecule has 2 heterocycles. The monoisotopic (exact) mass is 497 g/mol. The first-order valence-electron chi connectivity index (χ1n) is 12.6. The van der Waals surface area contributed by atoms with Crippen molar-refractivity contribution >= 4 is 27.3 Å². The third-order valence-electron chi connectivity index (χ3n) is 7.52. The molecule has 188 valence electrons. The van der Waals surface area contributed by atoms with E-state index in [1.54, 1.807) is 6.07 Å². The van der Waals surface area contributed by atoms with Gasteiger partial charge >= 0.3 is 0 Å². The van der Waals surface area contributed by atoms with Crippen LogP contribution in [0.1, 0.15) is 73.1 Å². The van der Waals surface area contributed by atoms with Crippen molar-refractivity contribution in [1.29, 1.82) is 0 Å². The number of carbonyl (C=O) groups is 1. The first kappa shape index (κ1) is 24.1. The van der Waals surface area contributed by atoms with Gasteiger partial charge in [-0.1, -0.05) is 26.8 Å². The maximum absolute atomic E-state index is 12.7. The quantitative estimate of drug-likeness (QED) is 0.624. The van der Waals surface area contributed by atoms with Crippen molar-refractivity contribution in [3.05, 3.63) is 58.7 Å². The van der Waals surface area contributed by atoms with Crippen molar-refractivity contribution in [1.82, 2.24) is 4.72 Å². The Kier molecular flexibility index (Phi) is 6.30. The summed E-state index contributed by atoms with van der Waals surface area (Å²) in [5, 5.41) is 3.30. The number of morpholine rings is 1. The number of fused-ring (bicyclic) bond motifs is 1. The van der Waals surface area contributed by atoms with Gasteiger partial charge in [0.15, 0.2) is 0 Å². The van der Waals surface area contributed by atoms with E-state index >= 15 is 0 Å². The summed E-state index contributed by atoms with van der Waals surface area (Å²) in [6.45, 7) is 9.89. The molecule has 1 amide bonds. The Bertz CT molecular complexity index is 1230. The highest BCUT2D eigenvalue weighted by atomic mass is 32.2. The van der Waals surface area contributed by atoms with Gasteiger partial charge in [-0.15, -0.1) is 0 Å². The summed E-state index contributed by atoms with van der Waals surface area (Å²) in [5.41, 5.74) is 6.09. The Balaban J connectivity index is 1.42. The minimum Gasteiger partial charge on any atom is -0.378 e. The van der Waals surface area contributed by atoms with Gasteiger partial charge in [-0.2, -0.15) is 0 Å². The van der Waals surface area contributed by atoms with Crippen LogP contribution in [0.3, 0.4) is 0 Å². The highest BCUT2D eigenvalue weighted by Crippen LogP contribution is 2.45. The molecule has 1 aliphatic carbocycles. The fourth-order valence-corrected chi connectivity index (χ4v) is 6.61. The van der Waals surface area contributed by atoms with Crippen molar-refractivity contribution in [2.45, 2.75) is 63.2 Å². The van der Waals surface area contributed by atoms with Crippen LogP contribution < -0.4 is 14.9 Å². The third kappa shape index (κ3) is 4.91. The van der Waals surface area contributed by atoms with E-state index in [2.05, 4.69) is 53.9 Å². The van der Waals surface area contributed by atoms with Crippen LogP contribution in [0.4, 0.5) is 11.4 Å². The van der Waals surface area contributed by atoms with Crippen LogP contribution in [0.2, 0.25) is 0 Å². The largest absolute Gasteiger partial charge is 0.378 e. The number of sulfonamides is 1. The first-order chi connectivity index (χ1) is 16.7. The molecular weight excluding hydrogens is 462 g/mol. The van der Waals surface area contributed by atoms with E-state index in [0.717, 1.165) is 50.4 Å². The Morgan fingerprint density at radius 2 is 1.89 bits per heavy atom. The molecule has 1 unspecified atom stereocenters. The SMILES string of the molecule is CCc1ccc(N2CCOCC2)cc1C1CC(C)(C)c2cc(C(=O)NS(=O)(=O)C3CC3)ccc2N1. The van der Waals surface area contributed by atoms with Crippen LogP contribution in [0.5, 0.6) is 0 Å². The average molecular weight is 498 g/mol. The number of hydrogen-bond acceptors (Lipinski definition) is 6. The summed E-state index contributed by atoms with van der Waals surface area (Å²) in [6, 6.07) is 12.4. The summed E-state index contributed by atoms with van der Waals surface area (Å²) >= 11 is 0. The van der Waals surface area contributed by atoms with E-state index in [1.165, 1.54) is 16.8 Å². The van der Waals surface area contributed by atoms with Crippen LogP contribution in [0, 0.1) is 0 Å². The number of nitrogens with one attached hydrogen (secondary N) is 2. The molecule has 1 saturated heterocycles. The molecule has 1 atom stereocenters. The zero-order chi connectivity index (χ0) is 24.8. The van der Waals surface area contributed by atoms with Crippen LogP contribution in [-0.4, -0.2) is 45.9 Å². The molecule has 2 aliphatic heterocycles. The highest BCUT2D eigenvalue weighted by molar-refractivity contribution is 7.91. The number of aryl methyl sites for hydroxylation is 1. The summed E-state index contributed by atoms with van der Waals surface area (Å²) in [7, 11) is -3.58. The van der Waals surface area contributed by atoms with Gasteiger partial charge in [0.1, 0.15) is 0 Å². The second-order valence-corrected chi connectivity index (χ2v) is 12.5. The summed E-state index contributed by atoms with van der Waals surface area (Å²) in [5.74, 6) is -0.552. The molecule has 0 radical (unpaired) electrons. The predicted octanol–water partition coefficient (Wildman–Crippen LogP) is 4.14. The summed E-state index contributed by atoms with van der Waals surface area (Å²) in [4.78, 5) is 15.1. The normalized spacial score (nSPS) is 21.7. The van der Waals surface area contributed by atoms with Crippen molar-refractivity contribution in [2.24, 2.45) is 0 Å². The summed E-state index contributed by atoms with van der Waals surface area (Å²) < 4.78 is 32.3. The van der Waals surface area contributed by atoms with Gasteiger partial charge in [0.05, 0.1) is 24.5 Å². The number of anilines is 2. The van der Waals surface area contributed by atoms with E-state index < -0.39 is 21.2 Å². The Hall–Kier alpha value is -2.58. The number of benzene rings is 2. The molecule has 2 N–H and O–H groups in total. The van der Waals surface area contributed by atoms with Gasteiger partial charge in [0.25, 0.3) is 5.91 Å². The van der Waals surface area contributed by atoms with E-state index in [0.29, 0.717) is 18.4 Å². The Labute approximate surface area is 208 Å². The van der Waals surface area contributed by atoms with Crippen molar-refractivity contribution < 1.29 is 17.9 Å². The predicted molar refractivity (Wildman–Crippen MR) is 139 cm³/mol. The zero-order valence-corrected chi connectivity index (χ0v) is 21.6. The van der Waals surface area contributed by atoms with E-state index in [-0.39, 0.29) is 11.5 Å². The average Bonchev–Trinajstić information content (AvgIpc) is 3.70. The van der Waals surface area contributed by atoms with Crippen molar-refractivity contribution in [3.63, 3.8) is 0 Å². The maximum Gasteiger partial charge on any atom is 0.264 e. The lowest BCUT2D eigenvalue weighted by atomic mass is 9.73. The molecule has 3 aliphatic rings. The van der Waals surface area contributed by atoms with Crippen LogP contribution in [-0.2, 0) is 26.6 Å². The molecule has 2 fully saturated rings. The fraction of sp³-hybridized carbons (Fsp3) is 0.519. The van der Waals surface area contributed by atoms with E-state index in [1.807, 2.05) is 12.1 Å². The molecular formula is C27H35N3O4S. The minimum absolute atomic E-state index is 0.142. The lowest BCUT2D eigenvalue weighted by Crippen LogP contribution is -2.36. The Morgan fingerprint density at radius 1 is 1.14 bits per heavy atom. The molecule has 8 heteroatoms. The molecule has 35 heavy (non-hydrogen) atoms. The minimum atomic E-state index is -3.58. The third-order valence-corrected chi connectivity index (χ3v) is 9.33. The molecule has 0 aromatic heterocycles. The number of nitrogens with zero attached hydrogens (tertiary/aromatic N) is 1. The van der Waals surface area contributed by atoms with Gasteiger partial charge in [0, 0.05) is 30.0 Å². The van der Waals surface area contributed by atoms with E-state index in [4.69, 9.17) is 4.74 Å². The number of amides is 1. The zero-order valence-electron chi connectivity index (χ0n) is 20.8. The van der Waals surface area contributed by atoms with Crippen LogP contribution >= 0.6 is 0 Å². The first-order valence-corrected chi connectivity index (χ1v) is 14.1. The standard InChI is InChI=1S/C27H35N3O4S/c1-4-18-5-7-20(30-11-13-34-14-12-30)16-22(18)25-17-27(2,3)23-15-19(6-10-24(23)28-25)26(31)29-35(32,33)21-8-9-21/h5-7,10,15-16,21,25,28H,4,8-9,11-14,17H2,1-3H3,(H,29,31). The number of hydrogen-bond donors (Lipinski definition) is 2. The lowest BCUT2D eigenvalue weighted by molar-refractivity contribution is 0.0981. The molecule has 0 bridgehead atoms. The highest BCUT2D eigenvalue weighted by Gasteiger charge is 2.38. The molecule has 2 aromatic rings. The number of carbonyl (C=O) groups excluding carboxylic acids is 1. The van der Waals surface area contributed by atoms with Crippen LogP contribution in [0.25, 0.3) is 0 Å². The lowest BCUT2D eigenvalue weighted by Gasteiger charge is -2.40. The second-order valence-electron chi connectivity index (χ2n) is 10.6. The molecule has 1 saturated carbocycles. The molecule has 7 nitrogen and oxygen atoms in total. The van der Waals surface area contributed by atoms with Crippen molar-refractivity contribution in [2.75, 3.05) is 36.5 Å². The fourth-order valence-electron chi connectivity index (χ4n) is 5.31. The molecule has 0 spiro atoms. The molecule has 2 aromatic carbocycles. The van der Waals surface area contributed by atoms with Gasteiger partial charge in [-0.25, -0.2) is 13.1 Å². The van der Waals surface area contributed by atoms with Gasteiger partial charge in [-0.3, -0.25) is 4.79 Å². The number of ether oxygens (including phenoxy) is 1.